The lowest BCUT2D eigenvalue weighted by Crippen LogP contribution is -2.17. The normalized spacial score (nSPS) is 18.5. The van der Waals surface area contributed by atoms with Crippen LogP contribution in [0.3, 0.4) is 0 Å². The van der Waals surface area contributed by atoms with Crippen molar-refractivity contribution in [1.29, 1.82) is 0 Å². The summed E-state index contributed by atoms with van der Waals surface area (Å²) in [5.74, 6) is 0.693. The van der Waals surface area contributed by atoms with Gasteiger partial charge < -0.3 is 4.74 Å². The average Bonchev–Trinajstić information content (AvgIpc) is 2.51. The third-order valence-corrected chi connectivity index (χ3v) is 4.54. The van der Waals surface area contributed by atoms with Crippen molar-refractivity contribution >= 4 is 44.4 Å². The van der Waals surface area contributed by atoms with Crippen molar-refractivity contribution in [2.75, 3.05) is 6.61 Å². The summed E-state index contributed by atoms with van der Waals surface area (Å²) in [5, 5.41) is 0. The first kappa shape index (κ1) is 11.3. The van der Waals surface area contributed by atoms with Crippen LogP contribution in [0.15, 0.2) is 21.9 Å². The Morgan fingerprint density at radius 3 is 2.80 bits per heavy atom. The third-order valence-electron chi connectivity index (χ3n) is 2.03. The number of hydrogen-bond acceptors (Lipinski definition) is 3. The molecule has 2 rings (SSSR count). The fourth-order valence-electron chi connectivity index (χ4n) is 1.29. The molecule has 0 amide bonds. The molecule has 1 aromatic heterocycles. The molecular formula is C10H10BrIN2O. The summed E-state index contributed by atoms with van der Waals surface area (Å²) in [4.78, 5) is 8.65. The van der Waals surface area contributed by atoms with E-state index in [0.29, 0.717) is 12.5 Å². The predicted molar refractivity (Wildman–Crippen MR) is 71.2 cm³/mol. The highest BCUT2D eigenvalue weighted by Crippen LogP contribution is 2.26. The van der Waals surface area contributed by atoms with Crippen LogP contribution in [0.4, 0.5) is 0 Å². The van der Waals surface area contributed by atoms with Gasteiger partial charge in [0.25, 0.3) is 0 Å². The summed E-state index contributed by atoms with van der Waals surface area (Å²) in [6, 6.07) is 0. The van der Waals surface area contributed by atoms with Crippen LogP contribution >= 0.6 is 38.5 Å². The van der Waals surface area contributed by atoms with E-state index in [2.05, 4.69) is 62.3 Å². The van der Waals surface area contributed by atoms with Gasteiger partial charge in [0.15, 0.2) is 0 Å². The lowest BCUT2D eigenvalue weighted by molar-refractivity contribution is 0.279. The van der Waals surface area contributed by atoms with Gasteiger partial charge >= 0.3 is 0 Å². The minimum atomic E-state index is -0.124. The predicted octanol–water partition coefficient (Wildman–Crippen LogP) is 3.00. The lowest BCUT2D eigenvalue weighted by Gasteiger charge is -2.07. The molecule has 1 aliphatic heterocycles. The molecule has 0 aromatic carbocycles. The molecule has 1 aliphatic rings. The highest BCUT2D eigenvalue weighted by molar-refractivity contribution is 14.1. The number of aliphatic imine (C=N–C) groups is 1. The van der Waals surface area contributed by atoms with Crippen LogP contribution in [-0.4, -0.2) is 23.0 Å². The van der Waals surface area contributed by atoms with Gasteiger partial charge in [-0.15, -0.1) is 0 Å². The maximum Gasteiger partial charge on any atom is 0.219 e. The van der Waals surface area contributed by atoms with E-state index in [1.807, 2.05) is 0 Å². The zero-order chi connectivity index (χ0) is 11.1. The smallest absolute Gasteiger partial charge is 0.219 e. The fraction of sp³-hybridized carbons (Fsp3) is 0.400. The number of aromatic nitrogens is 1. The van der Waals surface area contributed by atoms with Crippen molar-refractivity contribution in [3.8, 4) is 0 Å². The second kappa shape index (κ2) is 4.01. The SMILES string of the molecule is CC1(C)COC(c2cncc(Br)c2I)=N1. The van der Waals surface area contributed by atoms with Crippen molar-refractivity contribution < 1.29 is 4.74 Å². The molecular weight excluding hydrogens is 371 g/mol. The van der Waals surface area contributed by atoms with Crippen molar-refractivity contribution in [1.82, 2.24) is 4.98 Å². The van der Waals surface area contributed by atoms with E-state index in [-0.39, 0.29) is 5.54 Å². The van der Waals surface area contributed by atoms with Crippen LogP contribution in [0.2, 0.25) is 0 Å². The van der Waals surface area contributed by atoms with Gasteiger partial charge in [-0.05, 0) is 52.4 Å². The Hall–Kier alpha value is -0.170. The molecule has 0 N–H and O–H groups in total. The molecule has 0 radical (unpaired) electrons. The largest absolute Gasteiger partial charge is 0.475 e. The molecule has 0 unspecified atom stereocenters. The van der Waals surface area contributed by atoms with Gasteiger partial charge in [0, 0.05) is 20.4 Å². The number of rotatable bonds is 1. The summed E-state index contributed by atoms with van der Waals surface area (Å²) in [5.41, 5.74) is 0.830. The highest BCUT2D eigenvalue weighted by atomic mass is 127. The summed E-state index contributed by atoms with van der Waals surface area (Å²) in [6.07, 6.45) is 3.55. The Bertz CT molecular complexity index is 431. The van der Waals surface area contributed by atoms with Crippen LogP contribution in [0.5, 0.6) is 0 Å². The topological polar surface area (TPSA) is 34.5 Å². The molecule has 80 valence electrons. The molecule has 0 atom stereocenters. The molecule has 5 heteroatoms. The minimum absolute atomic E-state index is 0.124. The molecule has 0 aliphatic carbocycles. The molecule has 3 nitrogen and oxygen atoms in total. The number of hydrogen-bond donors (Lipinski definition) is 0. The summed E-state index contributed by atoms with van der Waals surface area (Å²) < 4.78 is 7.63. The summed E-state index contributed by atoms with van der Waals surface area (Å²) in [6.45, 7) is 4.74. The van der Waals surface area contributed by atoms with Gasteiger partial charge in [-0.3, -0.25) is 4.98 Å². The maximum absolute atomic E-state index is 5.57. The second-order valence-corrected chi connectivity index (χ2v) is 5.93. The van der Waals surface area contributed by atoms with E-state index in [9.17, 15) is 0 Å². The van der Waals surface area contributed by atoms with Crippen molar-refractivity contribution in [3.05, 3.63) is 26.0 Å². The van der Waals surface area contributed by atoms with Crippen molar-refractivity contribution in [2.45, 2.75) is 19.4 Å². The van der Waals surface area contributed by atoms with Gasteiger partial charge in [0.2, 0.25) is 5.90 Å². The van der Waals surface area contributed by atoms with Crippen LogP contribution in [0, 0.1) is 3.57 Å². The van der Waals surface area contributed by atoms with E-state index in [1.54, 1.807) is 12.4 Å². The Morgan fingerprint density at radius 2 is 2.20 bits per heavy atom. The number of ether oxygens (including phenoxy) is 1. The second-order valence-electron chi connectivity index (χ2n) is 4.00. The number of nitrogens with zero attached hydrogens (tertiary/aromatic N) is 2. The quantitative estimate of drug-likeness (QED) is 0.702. The maximum atomic E-state index is 5.57. The van der Waals surface area contributed by atoms with E-state index in [0.717, 1.165) is 13.6 Å². The van der Waals surface area contributed by atoms with E-state index in [1.165, 1.54) is 0 Å². The fourth-order valence-corrected chi connectivity index (χ4v) is 2.13. The first-order valence-corrected chi connectivity index (χ1v) is 6.39. The Morgan fingerprint density at radius 1 is 1.47 bits per heavy atom. The first-order chi connectivity index (χ1) is 6.99. The number of halogens is 2. The summed E-state index contributed by atoms with van der Waals surface area (Å²) >= 11 is 5.70. The molecule has 0 saturated carbocycles. The monoisotopic (exact) mass is 380 g/mol. The standard InChI is InChI=1S/C10H10BrIN2O/c1-10(2)5-15-9(14-10)6-3-13-4-7(11)8(6)12/h3-4H,5H2,1-2H3. The highest BCUT2D eigenvalue weighted by Gasteiger charge is 2.28. The van der Waals surface area contributed by atoms with Gasteiger partial charge in [-0.25, -0.2) is 4.99 Å². The average molecular weight is 381 g/mol. The molecule has 15 heavy (non-hydrogen) atoms. The molecule has 0 fully saturated rings. The summed E-state index contributed by atoms with van der Waals surface area (Å²) in [7, 11) is 0. The van der Waals surface area contributed by atoms with Crippen LogP contribution in [0.1, 0.15) is 19.4 Å². The van der Waals surface area contributed by atoms with E-state index in [4.69, 9.17) is 4.74 Å². The van der Waals surface area contributed by atoms with Crippen molar-refractivity contribution in [3.63, 3.8) is 0 Å². The lowest BCUT2D eigenvalue weighted by atomic mass is 10.1. The molecule has 1 aromatic rings. The molecule has 0 spiro atoms. The third kappa shape index (κ3) is 2.33. The van der Waals surface area contributed by atoms with Crippen LogP contribution in [0.25, 0.3) is 0 Å². The minimum Gasteiger partial charge on any atom is -0.475 e. The van der Waals surface area contributed by atoms with Gasteiger partial charge in [-0.1, -0.05) is 0 Å². The zero-order valence-corrected chi connectivity index (χ0v) is 12.2. The Balaban J connectivity index is 2.44. The zero-order valence-electron chi connectivity index (χ0n) is 8.42. The van der Waals surface area contributed by atoms with Crippen LogP contribution < -0.4 is 0 Å². The van der Waals surface area contributed by atoms with E-state index < -0.39 is 0 Å². The Labute approximate surface area is 111 Å². The van der Waals surface area contributed by atoms with Crippen molar-refractivity contribution in [2.24, 2.45) is 4.99 Å². The molecule has 0 bridgehead atoms. The van der Waals surface area contributed by atoms with E-state index >= 15 is 0 Å². The first-order valence-electron chi connectivity index (χ1n) is 4.52. The van der Waals surface area contributed by atoms with Gasteiger partial charge in [0.1, 0.15) is 6.61 Å². The molecule has 2 heterocycles. The Kier molecular flexibility index (Phi) is 3.03. The number of pyridine rings is 1. The van der Waals surface area contributed by atoms with Gasteiger partial charge in [0.05, 0.1) is 11.1 Å². The molecule has 0 saturated heterocycles. The van der Waals surface area contributed by atoms with Crippen LogP contribution in [-0.2, 0) is 4.74 Å². The van der Waals surface area contributed by atoms with Gasteiger partial charge in [-0.2, -0.15) is 0 Å².